The molecule has 2 rings (SSSR count). The molecule has 8 heteroatoms. The molecule has 2 aromatic carbocycles. The molecular weight excluding hydrogens is 329 g/mol. The van der Waals surface area contributed by atoms with Crippen molar-refractivity contribution in [1.82, 2.24) is 10.9 Å². The molecule has 0 saturated carbocycles. The molecule has 0 bridgehead atoms. The Hall–Kier alpha value is -3.29. The van der Waals surface area contributed by atoms with Gasteiger partial charge in [0.25, 0.3) is 5.91 Å². The molecule has 3 amide bonds. The quantitative estimate of drug-likeness (QED) is 0.725. The van der Waals surface area contributed by atoms with Gasteiger partial charge < -0.3 is 14.8 Å². The zero-order chi connectivity index (χ0) is 18.2. The summed E-state index contributed by atoms with van der Waals surface area (Å²) in [7, 11) is 1.49. The number of halogens is 1. The first kappa shape index (κ1) is 18.1. The molecular formula is C17H18FN3O4. The van der Waals surface area contributed by atoms with E-state index in [1.54, 1.807) is 24.3 Å². The molecule has 0 aliphatic rings. The van der Waals surface area contributed by atoms with Crippen LogP contribution in [0, 0.1) is 5.82 Å². The highest BCUT2D eigenvalue weighted by atomic mass is 19.1. The van der Waals surface area contributed by atoms with Crippen molar-refractivity contribution < 1.29 is 23.5 Å². The average Bonchev–Trinajstić information content (AvgIpc) is 2.62. The number of ether oxygens (including phenoxy) is 2. The molecule has 132 valence electrons. The number of benzene rings is 2. The van der Waals surface area contributed by atoms with Crippen LogP contribution in [0.5, 0.6) is 11.5 Å². The molecule has 1 atom stereocenters. The number of carbonyl (C=O) groups is 2. The zero-order valence-electron chi connectivity index (χ0n) is 13.7. The molecule has 0 fully saturated rings. The molecule has 0 radical (unpaired) electrons. The maximum absolute atomic E-state index is 12.8. The molecule has 7 nitrogen and oxygen atoms in total. The number of hydrogen-bond acceptors (Lipinski definition) is 4. The van der Waals surface area contributed by atoms with Gasteiger partial charge in [-0.2, -0.15) is 0 Å². The zero-order valence-corrected chi connectivity index (χ0v) is 13.7. The minimum atomic E-state index is -0.873. The fourth-order valence-electron chi connectivity index (χ4n) is 1.88. The molecule has 0 spiro atoms. The Kier molecular flexibility index (Phi) is 6.16. The SMILES string of the molecule is COc1ccccc1OC(C)C(=O)NNC(=O)Nc1ccc(F)cc1. The number of rotatable bonds is 5. The molecule has 0 aliphatic carbocycles. The highest BCUT2D eigenvalue weighted by molar-refractivity contribution is 5.91. The van der Waals surface area contributed by atoms with Crippen molar-refractivity contribution in [3.63, 3.8) is 0 Å². The first-order valence-electron chi connectivity index (χ1n) is 7.41. The van der Waals surface area contributed by atoms with E-state index < -0.39 is 23.9 Å². The van der Waals surface area contributed by atoms with Crippen LogP contribution in [0.1, 0.15) is 6.92 Å². The normalized spacial score (nSPS) is 11.2. The molecule has 25 heavy (non-hydrogen) atoms. The second-order valence-corrected chi connectivity index (χ2v) is 4.99. The van der Waals surface area contributed by atoms with Crippen LogP contribution in [0.4, 0.5) is 14.9 Å². The summed E-state index contributed by atoms with van der Waals surface area (Å²) in [6, 6.07) is 11.4. The van der Waals surface area contributed by atoms with Crippen LogP contribution in [0.25, 0.3) is 0 Å². The Balaban J connectivity index is 1.82. The van der Waals surface area contributed by atoms with Gasteiger partial charge in [0.2, 0.25) is 0 Å². The van der Waals surface area contributed by atoms with Crippen molar-refractivity contribution in [2.75, 3.05) is 12.4 Å². The molecule has 0 saturated heterocycles. The summed E-state index contributed by atoms with van der Waals surface area (Å²) in [6.45, 7) is 1.53. The van der Waals surface area contributed by atoms with Crippen LogP contribution >= 0.6 is 0 Å². The van der Waals surface area contributed by atoms with Crippen LogP contribution in [-0.2, 0) is 4.79 Å². The summed E-state index contributed by atoms with van der Waals surface area (Å²) in [6.07, 6.45) is -0.873. The summed E-state index contributed by atoms with van der Waals surface area (Å²) < 4.78 is 23.4. The van der Waals surface area contributed by atoms with Crippen molar-refractivity contribution in [1.29, 1.82) is 0 Å². The van der Waals surface area contributed by atoms with Crippen LogP contribution < -0.4 is 25.6 Å². The second kappa shape index (κ2) is 8.53. The van der Waals surface area contributed by atoms with E-state index in [9.17, 15) is 14.0 Å². The Morgan fingerprint density at radius 1 is 1.00 bits per heavy atom. The molecule has 3 N–H and O–H groups in total. The number of urea groups is 1. The van der Waals surface area contributed by atoms with E-state index in [0.29, 0.717) is 17.2 Å². The van der Waals surface area contributed by atoms with Gasteiger partial charge in [-0.25, -0.2) is 14.6 Å². The molecule has 2 aromatic rings. The lowest BCUT2D eigenvalue weighted by Crippen LogP contribution is -2.48. The van der Waals surface area contributed by atoms with Crippen LogP contribution in [0.2, 0.25) is 0 Å². The van der Waals surface area contributed by atoms with Gasteiger partial charge in [0, 0.05) is 5.69 Å². The first-order chi connectivity index (χ1) is 12.0. The van der Waals surface area contributed by atoms with Gasteiger partial charge in [-0.15, -0.1) is 0 Å². The van der Waals surface area contributed by atoms with E-state index in [4.69, 9.17) is 9.47 Å². The Morgan fingerprint density at radius 2 is 1.64 bits per heavy atom. The van der Waals surface area contributed by atoms with E-state index in [-0.39, 0.29) is 0 Å². The third-order valence-electron chi connectivity index (χ3n) is 3.14. The third kappa shape index (κ3) is 5.38. The number of anilines is 1. The average molecular weight is 347 g/mol. The second-order valence-electron chi connectivity index (χ2n) is 4.99. The summed E-state index contributed by atoms with van der Waals surface area (Å²) >= 11 is 0. The lowest BCUT2D eigenvalue weighted by atomic mass is 10.3. The predicted octanol–water partition coefficient (Wildman–Crippen LogP) is 2.45. The largest absolute Gasteiger partial charge is 0.493 e. The summed E-state index contributed by atoms with van der Waals surface area (Å²) in [4.78, 5) is 23.7. The van der Waals surface area contributed by atoms with Crippen LogP contribution in [-0.4, -0.2) is 25.2 Å². The Morgan fingerprint density at radius 3 is 2.28 bits per heavy atom. The van der Waals surface area contributed by atoms with Gasteiger partial charge in [-0.1, -0.05) is 12.1 Å². The monoisotopic (exact) mass is 347 g/mol. The highest BCUT2D eigenvalue weighted by Crippen LogP contribution is 2.26. The van der Waals surface area contributed by atoms with Crippen molar-refractivity contribution in [3.05, 3.63) is 54.3 Å². The fourth-order valence-corrected chi connectivity index (χ4v) is 1.88. The van der Waals surface area contributed by atoms with E-state index >= 15 is 0 Å². The van der Waals surface area contributed by atoms with Gasteiger partial charge in [0.1, 0.15) is 5.82 Å². The van der Waals surface area contributed by atoms with Crippen molar-refractivity contribution >= 4 is 17.6 Å². The maximum atomic E-state index is 12.8. The summed E-state index contributed by atoms with van der Waals surface area (Å²) in [5.74, 6) is -0.0747. The highest BCUT2D eigenvalue weighted by Gasteiger charge is 2.17. The number of nitrogens with one attached hydrogen (secondary N) is 3. The van der Waals surface area contributed by atoms with E-state index in [1.165, 1.54) is 38.3 Å². The van der Waals surface area contributed by atoms with E-state index in [0.717, 1.165) is 0 Å². The van der Waals surface area contributed by atoms with Gasteiger partial charge in [-0.05, 0) is 43.3 Å². The topological polar surface area (TPSA) is 88.7 Å². The number of hydrazine groups is 1. The number of amides is 3. The van der Waals surface area contributed by atoms with Crippen molar-refractivity contribution in [2.45, 2.75) is 13.0 Å². The number of para-hydroxylation sites is 2. The molecule has 0 heterocycles. The van der Waals surface area contributed by atoms with Gasteiger partial charge in [-0.3, -0.25) is 10.2 Å². The standard InChI is InChI=1S/C17H18FN3O4/c1-11(25-15-6-4-3-5-14(15)24-2)16(22)20-21-17(23)19-13-9-7-12(18)8-10-13/h3-11H,1-2H3,(H,20,22)(H2,19,21,23). The van der Waals surface area contributed by atoms with E-state index in [2.05, 4.69) is 16.2 Å². The van der Waals surface area contributed by atoms with E-state index in [1.807, 2.05) is 0 Å². The molecule has 0 aliphatic heterocycles. The lowest BCUT2D eigenvalue weighted by Gasteiger charge is -2.17. The van der Waals surface area contributed by atoms with Crippen LogP contribution in [0.3, 0.4) is 0 Å². The lowest BCUT2D eigenvalue weighted by molar-refractivity contribution is -0.128. The van der Waals surface area contributed by atoms with Crippen LogP contribution in [0.15, 0.2) is 48.5 Å². The minimum Gasteiger partial charge on any atom is -0.493 e. The Labute approximate surface area is 144 Å². The minimum absolute atomic E-state index is 0.381. The van der Waals surface area contributed by atoms with Crippen molar-refractivity contribution in [3.8, 4) is 11.5 Å². The summed E-state index contributed by atoms with van der Waals surface area (Å²) in [5.41, 5.74) is 4.80. The third-order valence-corrected chi connectivity index (χ3v) is 3.14. The molecule has 0 aromatic heterocycles. The predicted molar refractivity (Wildman–Crippen MR) is 89.8 cm³/mol. The van der Waals surface area contributed by atoms with Gasteiger partial charge >= 0.3 is 6.03 Å². The van der Waals surface area contributed by atoms with Gasteiger partial charge in [0.05, 0.1) is 7.11 Å². The number of carbonyl (C=O) groups excluding carboxylic acids is 2. The van der Waals surface area contributed by atoms with Gasteiger partial charge in [0.15, 0.2) is 17.6 Å². The maximum Gasteiger partial charge on any atom is 0.337 e. The Bertz CT molecular complexity index is 737. The van der Waals surface area contributed by atoms with Crippen molar-refractivity contribution in [2.24, 2.45) is 0 Å². The summed E-state index contributed by atoms with van der Waals surface area (Å²) in [5, 5.41) is 2.44. The smallest absolute Gasteiger partial charge is 0.337 e. The fraction of sp³-hybridized carbons (Fsp3) is 0.176. The molecule has 1 unspecified atom stereocenters. The first-order valence-corrected chi connectivity index (χ1v) is 7.41. The number of hydrogen-bond donors (Lipinski definition) is 3. The number of methoxy groups -OCH3 is 1.